The number of amides is 1. The monoisotopic (exact) mass is 444 g/mol. The lowest BCUT2D eigenvalue weighted by atomic mass is 9.97. The van der Waals surface area contributed by atoms with E-state index in [0.717, 1.165) is 22.4 Å². The van der Waals surface area contributed by atoms with Crippen molar-refractivity contribution >= 4 is 23.0 Å². The maximum atomic E-state index is 11.9. The summed E-state index contributed by atoms with van der Waals surface area (Å²) in [6.07, 6.45) is 0. The van der Waals surface area contributed by atoms with Gasteiger partial charge >= 0.3 is 0 Å². The summed E-state index contributed by atoms with van der Waals surface area (Å²) < 4.78 is 0. The number of piperazine rings is 1. The van der Waals surface area contributed by atoms with Gasteiger partial charge < -0.3 is 15.1 Å². The van der Waals surface area contributed by atoms with Gasteiger partial charge in [0.1, 0.15) is 5.69 Å². The SMILES string of the molecule is CC(=O)N1CCN(c2ccc([N+](=O)[O-])c(NC(c3ccccc3)c3ccccc3)c2C)CC1. The van der Waals surface area contributed by atoms with E-state index in [2.05, 4.69) is 10.2 Å². The minimum absolute atomic E-state index is 0.0514. The fourth-order valence-corrected chi connectivity index (χ4v) is 4.42. The van der Waals surface area contributed by atoms with Crippen LogP contribution in [-0.2, 0) is 4.79 Å². The van der Waals surface area contributed by atoms with Gasteiger partial charge in [0.2, 0.25) is 5.91 Å². The molecule has 0 bridgehead atoms. The number of nitrogens with zero attached hydrogens (tertiary/aromatic N) is 3. The van der Waals surface area contributed by atoms with Gasteiger partial charge in [0.15, 0.2) is 0 Å². The van der Waals surface area contributed by atoms with Gasteiger partial charge in [-0.3, -0.25) is 14.9 Å². The van der Waals surface area contributed by atoms with Crippen molar-refractivity contribution < 1.29 is 9.72 Å². The lowest BCUT2D eigenvalue weighted by Crippen LogP contribution is -2.48. The first-order valence-corrected chi connectivity index (χ1v) is 11.1. The third kappa shape index (κ3) is 4.82. The maximum Gasteiger partial charge on any atom is 0.292 e. The Bertz CT molecular complexity index is 1090. The van der Waals surface area contributed by atoms with Crippen molar-refractivity contribution in [2.24, 2.45) is 0 Å². The topological polar surface area (TPSA) is 78.7 Å². The van der Waals surface area contributed by atoms with Crippen LogP contribution < -0.4 is 10.2 Å². The molecule has 0 aliphatic carbocycles. The number of hydrogen-bond donors (Lipinski definition) is 1. The van der Waals surface area contributed by atoms with Crippen LogP contribution in [0.3, 0.4) is 0 Å². The molecule has 1 saturated heterocycles. The van der Waals surface area contributed by atoms with Crippen molar-refractivity contribution in [3.63, 3.8) is 0 Å². The first-order valence-electron chi connectivity index (χ1n) is 11.1. The highest BCUT2D eigenvalue weighted by Crippen LogP contribution is 2.39. The second kappa shape index (κ2) is 9.73. The van der Waals surface area contributed by atoms with Crippen LogP contribution >= 0.6 is 0 Å². The van der Waals surface area contributed by atoms with E-state index in [-0.39, 0.29) is 22.6 Å². The lowest BCUT2D eigenvalue weighted by Gasteiger charge is -2.36. The van der Waals surface area contributed by atoms with E-state index in [1.807, 2.05) is 78.6 Å². The molecule has 1 fully saturated rings. The number of rotatable bonds is 6. The molecule has 7 heteroatoms. The molecule has 3 aromatic rings. The molecule has 0 saturated carbocycles. The second-order valence-corrected chi connectivity index (χ2v) is 8.25. The minimum Gasteiger partial charge on any atom is -0.368 e. The third-order valence-electron chi connectivity index (χ3n) is 6.23. The van der Waals surface area contributed by atoms with Gasteiger partial charge in [0, 0.05) is 50.4 Å². The quantitative estimate of drug-likeness (QED) is 0.438. The molecule has 1 amide bonds. The zero-order valence-corrected chi connectivity index (χ0v) is 18.9. The molecular formula is C26H28N4O3. The fourth-order valence-electron chi connectivity index (χ4n) is 4.42. The number of nitrogens with one attached hydrogen (secondary N) is 1. The van der Waals surface area contributed by atoms with Gasteiger partial charge in [-0.2, -0.15) is 0 Å². The van der Waals surface area contributed by atoms with E-state index in [0.29, 0.717) is 31.9 Å². The van der Waals surface area contributed by atoms with Crippen molar-refractivity contribution in [2.45, 2.75) is 19.9 Å². The third-order valence-corrected chi connectivity index (χ3v) is 6.23. The van der Waals surface area contributed by atoms with Crippen LogP contribution in [0.2, 0.25) is 0 Å². The summed E-state index contributed by atoms with van der Waals surface area (Å²) in [6.45, 7) is 6.18. The molecule has 33 heavy (non-hydrogen) atoms. The zero-order valence-electron chi connectivity index (χ0n) is 18.9. The van der Waals surface area contributed by atoms with Crippen LogP contribution in [0.4, 0.5) is 17.1 Å². The highest BCUT2D eigenvalue weighted by molar-refractivity contribution is 5.77. The van der Waals surface area contributed by atoms with Crippen LogP contribution in [0.25, 0.3) is 0 Å². The highest BCUT2D eigenvalue weighted by Gasteiger charge is 2.26. The smallest absolute Gasteiger partial charge is 0.292 e. The summed E-state index contributed by atoms with van der Waals surface area (Å²) in [7, 11) is 0. The number of hydrogen-bond acceptors (Lipinski definition) is 5. The Morgan fingerprint density at radius 2 is 1.45 bits per heavy atom. The molecule has 1 aliphatic heterocycles. The number of nitro groups is 1. The number of benzene rings is 3. The average Bonchev–Trinajstić information content (AvgIpc) is 2.84. The zero-order chi connectivity index (χ0) is 23.4. The summed E-state index contributed by atoms with van der Waals surface area (Å²) >= 11 is 0. The summed E-state index contributed by atoms with van der Waals surface area (Å²) in [6, 6.07) is 23.1. The Morgan fingerprint density at radius 3 is 1.94 bits per heavy atom. The first-order chi connectivity index (χ1) is 16.0. The van der Waals surface area contributed by atoms with E-state index in [9.17, 15) is 14.9 Å². The van der Waals surface area contributed by atoms with Gasteiger partial charge in [-0.15, -0.1) is 0 Å². The normalized spacial score (nSPS) is 13.8. The molecule has 0 atom stereocenters. The lowest BCUT2D eigenvalue weighted by molar-refractivity contribution is -0.384. The average molecular weight is 445 g/mol. The number of anilines is 2. The van der Waals surface area contributed by atoms with Gasteiger partial charge in [0.05, 0.1) is 11.0 Å². The molecule has 0 unspecified atom stereocenters. The molecular weight excluding hydrogens is 416 g/mol. The van der Waals surface area contributed by atoms with Gasteiger partial charge in [-0.05, 0) is 24.1 Å². The Kier molecular flexibility index (Phi) is 6.58. The predicted molar refractivity (Wildman–Crippen MR) is 131 cm³/mol. The van der Waals surface area contributed by atoms with E-state index >= 15 is 0 Å². The highest BCUT2D eigenvalue weighted by atomic mass is 16.6. The fraction of sp³-hybridized carbons (Fsp3) is 0.269. The van der Waals surface area contributed by atoms with Crippen LogP contribution in [0.15, 0.2) is 72.8 Å². The predicted octanol–water partition coefficient (Wildman–Crippen LogP) is 4.77. The Labute approximate surface area is 193 Å². The minimum atomic E-state index is -0.333. The van der Waals surface area contributed by atoms with E-state index in [1.165, 1.54) is 0 Å². The van der Waals surface area contributed by atoms with Crippen molar-refractivity contribution in [1.82, 2.24) is 4.90 Å². The summed E-state index contributed by atoms with van der Waals surface area (Å²) in [5.74, 6) is 0.0750. The molecule has 1 N–H and O–H groups in total. The van der Waals surface area contributed by atoms with Crippen molar-refractivity contribution in [3.8, 4) is 0 Å². The first kappa shape index (κ1) is 22.3. The molecule has 4 rings (SSSR count). The number of nitro benzene ring substituents is 1. The molecule has 0 radical (unpaired) electrons. The van der Waals surface area contributed by atoms with Crippen molar-refractivity contribution in [2.75, 3.05) is 36.4 Å². The maximum absolute atomic E-state index is 11.9. The largest absolute Gasteiger partial charge is 0.368 e. The summed E-state index contributed by atoms with van der Waals surface area (Å²) in [4.78, 5) is 27.3. The number of carbonyl (C=O) groups excluding carboxylic acids is 1. The Morgan fingerprint density at radius 1 is 0.909 bits per heavy atom. The van der Waals surface area contributed by atoms with Crippen molar-refractivity contribution in [3.05, 3.63) is 99.6 Å². The van der Waals surface area contributed by atoms with E-state index < -0.39 is 0 Å². The molecule has 7 nitrogen and oxygen atoms in total. The molecule has 0 spiro atoms. The van der Waals surface area contributed by atoms with Crippen LogP contribution in [-0.4, -0.2) is 41.9 Å². The number of carbonyl (C=O) groups is 1. The molecule has 3 aromatic carbocycles. The van der Waals surface area contributed by atoms with Crippen molar-refractivity contribution in [1.29, 1.82) is 0 Å². The molecule has 0 aromatic heterocycles. The van der Waals surface area contributed by atoms with Gasteiger partial charge in [-0.1, -0.05) is 60.7 Å². The van der Waals surface area contributed by atoms with Gasteiger partial charge in [-0.25, -0.2) is 0 Å². The molecule has 170 valence electrons. The van der Waals surface area contributed by atoms with Gasteiger partial charge in [0.25, 0.3) is 5.69 Å². The Hall–Kier alpha value is -3.87. The summed E-state index contributed by atoms with van der Waals surface area (Å²) in [5.41, 5.74) is 4.40. The van der Waals surface area contributed by atoms with Crippen LogP contribution in [0.5, 0.6) is 0 Å². The second-order valence-electron chi connectivity index (χ2n) is 8.25. The molecule has 1 heterocycles. The summed E-state index contributed by atoms with van der Waals surface area (Å²) in [5, 5.41) is 15.4. The molecule has 1 aliphatic rings. The van der Waals surface area contributed by atoms with E-state index in [4.69, 9.17) is 0 Å². The van der Waals surface area contributed by atoms with Crippen LogP contribution in [0, 0.1) is 17.0 Å². The van der Waals surface area contributed by atoms with Crippen LogP contribution in [0.1, 0.15) is 29.7 Å². The van der Waals surface area contributed by atoms with E-state index in [1.54, 1.807) is 13.0 Å². The standard InChI is InChI=1S/C26H28N4O3/c1-19-23(29-17-15-28(16-18-29)20(2)31)13-14-24(30(32)33)25(19)27-26(21-9-5-3-6-10-21)22-11-7-4-8-12-22/h3-14,26-27H,15-18H2,1-2H3. The Balaban J connectivity index is 1.73.